The third kappa shape index (κ3) is 6.49. The highest BCUT2D eigenvalue weighted by atomic mass is 16.5. The van der Waals surface area contributed by atoms with E-state index in [1.165, 1.54) is 5.70 Å². The lowest BCUT2D eigenvalue weighted by Crippen LogP contribution is -2.39. The SMILES string of the molecule is CCCC1=CC(CC)n2ncc(C(=O)OCC)c2N1Cc1ccc(-c2ccccc2-c2nnnn2C(c2ccccc2)(c2ccccc2)c2ccccc2)cc1. The summed E-state index contributed by atoms with van der Waals surface area (Å²) in [6, 6.07) is 48.4. The minimum absolute atomic E-state index is 0.0748. The maximum absolute atomic E-state index is 13.2. The fraction of sp³-hybridized carbons (Fsp3) is 0.213. The van der Waals surface area contributed by atoms with Crippen LogP contribution in [0.25, 0.3) is 22.5 Å². The summed E-state index contributed by atoms with van der Waals surface area (Å²) in [7, 11) is 0. The Labute approximate surface area is 327 Å². The summed E-state index contributed by atoms with van der Waals surface area (Å²) >= 11 is 0. The van der Waals surface area contributed by atoms with Gasteiger partial charge in [-0.1, -0.05) is 160 Å². The summed E-state index contributed by atoms with van der Waals surface area (Å²) in [5.74, 6) is 1.09. The number of ether oxygens (including phenoxy) is 1. The van der Waals surface area contributed by atoms with Crippen LogP contribution < -0.4 is 4.90 Å². The average molecular weight is 740 g/mol. The van der Waals surface area contributed by atoms with Crippen molar-refractivity contribution in [2.24, 2.45) is 0 Å². The van der Waals surface area contributed by atoms with Crippen LogP contribution in [0.2, 0.25) is 0 Å². The summed E-state index contributed by atoms with van der Waals surface area (Å²) < 4.78 is 9.42. The number of benzene rings is 5. The molecule has 9 heteroatoms. The van der Waals surface area contributed by atoms with E-state index in [0.717, 1.165) is 64.0 Å². The molecule has 8 rings (SSSR count). The van der Waals surface area contributed by atoms with Gasteiger partial charge in [-0.25, -0.2) is 14.2 Å². The Hall–Kier alpha value is -6.61. The van der Waals surface area contributed by atoms with Gasteiger partial charge in [-0.05, 0) is 69.6 Å². The largest absolute Gasteiger partial charge is 0.462 e. The summed E-state index contributed by atoms with van der Waals surface area (Å²) in [5.41, 5.74) is 8.00. The van der Waals surface area contributed by atoms with Crippen molar-refractivity contribution in [1.29, 1.82) is 0 Å². The zero-order chi connectivity index (χ0) is 38.5. The normalized spacial score (nSPS) is 13.9. The summed E-state index contributed by atoms with van der Waals surface area (Å²) in [5, 5.41) is 18.6. The van der Waals surface area contributed by atoms with Gasteiger partial charge in [0, 0.05) is 17.8 Å². The van der Waals surface area contributed by atoms with Gasteiger partial charge in [-0.15, -0.1) is 5.10 Å². The van der Waals surface area contributed by atoms with Crippen molar-refractivity contribution < 1.29 is 9.53 Å². The number of tetrazole rings is 1. The first-order chi connectivity index (χ1) is 27.6. The monoisotopic (exact) mass is 739 g/mol. The van der Waals surface area contributed by atoms with Crippen molar-refractivity contribution in [3.63, 3.8) is 0 Å². The highest BCUT2D eigenvalue weighted by molar-refractivity contribution is 5.95. The van der Waals surface area contributed by atoms with E-state index < -0.39 is 5.54 Å². The number of anilines is 1. The van der Waals surface area contributed by atoms with E-state index >= 15 is 0 Å². The number of rotatable bonds is 13. The molecule has 0 fully saturated rings. The summed E-state index contributed by atoms with van der Waals surface area (Å²) in [6.07, 6.45) is 6.70. The van der Waals surface area contributed by atoms with Crippen LogP contribution in [0.15, 0.2) is 157 Å². The van der Waals surface area contributed by atoms with Gasteiger partial charge in [-0.2, -0.15) is 5.10 Å². The van der Waals surface area contributed by atoms with Gasteiger partial charge in [0.25, 0.3) is 0 Å². The van der Waals surface area contributed by atoms with Crippen LogP contribution in [0, 0.1) is 0 Å². The van der Waals surface area contributed by atoms with Crippen molar-refractivity contribution >= 4 is 11.8 Å². The van der Waals surface area contributed by atoms with Gasteiger partial charge >= 0.3 is 5.97 Å². The third-order valence-corrected chi connectivity index (χ3v) is 10.6. The molecule has 3 heterocycles. The quantitative estimate of drug-likeness (QED) is 0.0859. The first kappa shape index (κ1) is 36.4. The van der Waals surface area contributed by atoms with Crippen LogP contribution in [0.4, 0.5) is 5.82 Å². The Morgan fingerprint density at radius 2 is 1.32 bits per heavy atom. The first-order valence-electron chi connectivity index (χ1n) is 19.4. The number of carbonyl (C=O) groups excluding carboxylic acids is 1. The van der Waals surface area contributed by atoms with E-state index in [4.69, 9.17) is 15.0 Å². The number of esters is 1. The van der Waals surface area contributed by atoms with Crippen molar-refractivity contribution in [2.45, 2.75) is 58.2 Å². The Morgan fingerprint density at radius 3 is 1.89 bits per heavy atom. The van der Waals surface area contributed by atoms with Crippen LogP contribution in [-0.2, 0) is 16.8 Å². The predicted octanol–water partition coefficient (Wildman–Crippen LogP) is 9.88. The Morgan fingerprint density at radius 1 is 0.732 bits per heavy atom. The molecule has 0 aliphatic carbocycles. The second-order valence-electron chi connectivity index (χ2n) is 14.0. The van der Waals surface area contributed by atoms with E-state index in [9.17, 15) is 4.79 Å². The highest BCUT2D eigenvalue weighted by Crippen LogP contribution is 2.44. The van der Waals surface area contributed by atoms with Crippen molar-refractivity contribution in [3.05, 3.63) is 185 Å². The van der Waals surface area contributed by atoms with E-state index in [0.29, 0.717) is 24.5 Å². The lowest BCUT2D eigenvalue weighted by atomic mass is 9.77. The third-order valence-electron chi connectivity index (χ3n) is 10.6. The molecular weight excluding hydrogens is 695 g/mol. The summed E-state index contributed by atoms with van der Waals surface area (Å²) in [4.78, 5) is 15.4. The van der Waals surface area contributed by atoms with Crippen LogP contribution in [0.5, 0.6) is 0 Å². The molecule has 5 aromatic carbocycles. The van der Waals surface area contributed by atoms with Gasteiger partial charge in [0.2, 0.25) is 0 Å². The molecule has 56 heavy (non-hydrogen) atoms. The van der Waals surface area contributed by atoms with E-state index in [1.807, 2.05) is 40.6 Å². The molecule has 0 N–H and O–H groups in total. The molecule has 2 aromatic heterocycles. The molecule has 0 radical (unpaired) electrons. The zero-order valence-corrected chi connectivity index (χ0v) is 32.0. The Kier molecular flexibility index (Phi) is 10.4. The van der Waals surface area contributed by atoms with Gasteiger partial charge in [0.1, 0.15) is 16.9 Å². The predicted molar refractivity (Wildman–Crippen MR) is 220 cm³/mol. The number of hydrogen-bond donors (Lipinski definition) is 0. The molecule has 1 aliphatic heterocycles. The molecule has 0 amide bonds. The first-order valence-corrected chi connectivity index (χ1v) is 19.4. The molecule has 0 saturated heterocycles. The lowest BCUT2D eigenvalue weighted by Gasteiger charge is -2.36. The highest BCUT2D eigenvalue weighted by Gasteiger charge is 2.42. The Bertz CT molecular complexity index is 2340. The van der Waals surface area contributed by atoms with Crippen molar-refractivity contribution in [1.82, 2.24) is 30.0 Å². The van der Waals surface area contributed by atoms with Crippen LogP contribution in [0.3, 0.4) is 0 Å². The minimum Gasteiger partial charge on any atom is -0.462 e. The fourth-order valence-corrected chi connectivity index (χ4v) is 8.07. The fourth-order valence-electron chi connectivity index (χ4n) is 8.07. The van der Waals surface area contributed by atoms with Gasteiger partial charge < -0.3 is 9.64 Å². The van der Waals surface area contributed by atoms with Crippen LogP contribution in [0.1, 0.15) is 78.7 Å². The minimum atomic E-state index is -0.872. The van der Waals surface area contributed by atoms with E-state index in [2.05, 4.69) is 150 Å². The maximum Gasteiger partial charge on any atom is 0.343 e. The zero-order valence-electron chi connectivity index (χ0n) is 32.0. The second kappa shape index (κ2) is 16.0. The lowest BCUT2D eigenvalue weighted by molar-refractivity contribution is 0.0527. The molecule has 280 valence electrons. The van der Waals surface area contributed by atoms with E-state index in [-0.39, 0.29) is 12.0 Å². The van der Waals surface area contributed by atoms with Gasteiger partial charge in [-0.3, -0.25) is 0 Å². The number of carbonyl (C=O) groups is 1. The number of fused-ring (bicyclic) bond motifs is 1. The van der Waals surface area contributed by atoms with Crippen molar-refractivity contribution in [2.75, 3.05) is 11.5 Å². The Balaban J connectivity index is 1.20. The van der Waals surface area contributed by atoms with Gasteiger partial charge in [0.15, 0.2) is 5.82 Å². The number of nitrogens with zero attached hydrogens (tertiary/aromatic N) is 7. The number of aromatic nitrogens is 6. The molecule has 1 aliphatic rings. The molecule has 7 aromatic rings. The smallest absolute Gasteiger partial charge is 0.343 e. The number of allylic oxidation sites excluding steroid dienone is 2. The van der Waals surface area contributed by atoms with E-state index in [1.54, 1.807) is 6.20 Å². The molecule has 9 nitrogen and oxygen atoms in total. The standard InChI is InChI=1S/C47H45N7O2/c1-4-18-40-31-39(5-2)53-45(43(32-48-53)46(55)56-6-3)52(40)33-34-27-29-35(30-28-34)41-25-16-17-26-42(41)44-49-50-51-54(44)47(36-19-10-7-11-20-36,37-21-12-8-13-22-37)38-23-14-9-15-24-38/h7-17,19-32,39H,4-6,18,33H2,1-3H3. The van der Waals surface area contributed by atoms with Gasteiger partial charge in [0.05, 0.1) is 18.8 Å². The summed E-state index contributed by atoms with van der Waals surface area (Å²) in [6.45, 7) is 7.04. The molecule has 0 spiro atoms. The second-order valence-corrected chi connectivity index (χ2v) is 14.0. The molecular formula is C47H45N7O2. The van der Waals surface area contributed by atoms with Crippen LogP contribution in [-0.4, -0.2) is 42.6 Å². The topological polar surface area (TPSA) is 91.0 Å². The van der Waals surface area contributed by atoms with Crippen LogP contribution >= 0.6 is 0 Å². The molecule has 1 atom stereocenters. The molecule has 0 saturated carbocycles. The molecule has 1 unspecified atom stereocenters. The maximum atomic E-state index is 13.2. The molecule has 0 bridgehead atoms. The number of hydrogen-bond acceptors (Lipinski definition) is 7. The van der Waals surface area contributed by atoms with Crippen molar-refractivity contribution in [3.8, 4) is 22.5 Å². The average Bonchev–Trinajstić information content (AvgIpc) is 3.93.